The minimum absolute atomic E-state index is 0.213. The Morgan fingerprint density at radius 3 is 2.13 bits per heavy atom. The van der Waals surface area contributed by atoms with E-state index in [9.17, 15) is 0 Å². The second kappa shape index (κ2) is 6.37. The van der Waals surface area contributed by atoms with E-state index in [1.807, 2.05) is 0 Å². The Labute approximate surface area is 149 Å². The van der Waals surface area contributed by atoms with E-state index in [4.69, 9.17) is 0 Å². The van der Waals surface area contributed by atoms with Gasteiger partial charge in [0.05, 0.1) is 0 Å². The van der Waals surface area contributed by atoms with E-state index in [-0.39, 0.29) is 14.7 Å². The van der Waals surface area contributed by atoms with Gasteiger partial charge in [-0.15, -0.1) is 0 Å². The zero-order valence-electron chi connectivity index (χ0n) is 13.2. The fourth-order valence-electron chi connectivity index (χ4n) is 2.95. The van der Waals surface area contributed by atoms with Gasteiger partial charge in [0.15, 0.2) is 0 Å². The van der Waals surface area contributed by atoms with Crippen molar-refractivity contribution in [3.8, 4) is 0 Å². The zero-order chi connectivity index (χ0) is 15.8. The van der Waals surface area contributed by atoms with Gasteiger partial charge in [0, 0.05) is 0 Å². The van der Waals surface area contributed by atoms with E-state index < -0.39 is 0 Å². The van der Waals surface area contributed by atoms with Gasteiger partial charge < -0.3 is 0 Å². The van der Waals surface area contributed by atoms with E-state index in [2.05, 4.69) is 71.6 Å². The first-order valence-electron chi connectivity index (χ1n) is 7.80. The van der Waals surface area contributed by atoms with Gasteiger partial charge >= 0.3 is 150 Å². The molecule has 0 amide bonds. The van der Waals surface area contributed by atoms with Crippen LogP contribution in [-0.2, 0) is 6.42 Å². The van der Waals surface area contributed by atoms with Gasteiger partial charge in [0.2, 0.25) is 0 Å². The third kappa shape index (κ3) is 3.09. The Kier molecular flexibility index (Phi) is 4.25. The summed E-state index contributed by atoms with van der Waals surface area (Å²) in [5.41, 5.74) is 6.85. The summed E-state index contributed by atoms with van der Waals surface area (Å²) in [6, 6.07) is 18.1. The Morgan fingerprint density at radius 2 is 1.48 bits per heavy atom. The van der Waals surface area contributed by atoms with Crippen molar-refractivity contribution in [1.82, 2.24) is 9.19 Å². The summed E-state index contributed by atoms with van der Waals surface area (Å²) in [7, 11) is 0. The molecule has 0 N–H and O–H groups in total. The number of hydrogen-bond donors (Lipinski definition) is 0. The first-order chi connectivity index (χ1) is 11.2. The topological polar surface area (TPSA) is 25.8 Å². The molecule has 0 radical (unpaired) electrons. The molecule has 116 valence electrons. The van der Waals surface area contributed by atoms with E-state index in [0.717, 1.165) is 6.42 Å². The normalized spacial score (nSPS) is 20.3. The van der Waals surface area contributed by atoms with Gasteiger partial charge in [-0.2, -0.15) is 0 Å². The van der Waals surface area contributed by atoms with Crippen molar-refractivity contribution in [2.24, 2.45) is 0 Å². The number of benzene rings is 2. The second-order valence-corrected chi connectivity index (χ2v) is 10.5. The maximum atomic E-state index is 4.49. The SMILES string of the molecule is Cc1ccc(C2Cc3nn[se]c3C(c3ccc(C)cc3)[Se]2)cc1. The minimum atomic E-state index is 0.213. The number of nitrogens with zero attached hydrogens (tertiary/aromatic N) is 2. The van der Waals surface area contributed by atoms with E-state index in [1.54, 1.807) is 0 Å². The Bertz CT molecular complexity index is 806. The van der Waals surface area contributed by atoms with Crippen molar-refractivity contribution in [2.75, 3.05) is 0 Å². The van der Waals surface area contributed by atoms with Gasteiger partial charge in [0.25, 0.3) is 0 Å². The van der Waals surface area contributed by atoms with Crippen molar-refractivity contribution < 1.29 is 0 Å². The molecule has 23 heavy (non-hydrogen) atoms. The molecule has 1 aliphatic heterocycles. The summed E-state index contributed by atoms with van der Waals surface area (Å²) in [6.45, 7) is 4.30. The first kappa shape index (κ1) is 15.4. The van der Waals surface area contributed by atoms with Crippen LogP contribution in [0, 0.1) is 13.8 Å². The molecule has 1 aliphatic rings. The average Bonchev–Trinajstić information content (AvgIpc) is 3.04. The van der Waals surface area contributed by atoms with Gasteiger partial charge in [-0.05, 0) is 0 Å². The van der Waals surface area contributed by atoms with Crippen LogP contribution in [0.4, 0.5) is 0 Å². The van der Waals surface area contributed by atoms with Crippen molar-refractivity contribution in [3.63, 3.8) is 0 Å². The van der Waals surface area contributed by atoms with Crippen molar-refractivity contribution in [1.29, 1.82) is 0 Å². The molecule has 0 fully saturated rings. The number of aryl methyl sites for hydroxylation is 2. The number of rotatable bonds is 2. The first-order valence-corrected chi connectivity index (χ1v) is 11.4. The zero-order valence-corrected chi connectivity index (χ0v) is 16.6. The van der Waals surface area contributed by atoms with E-state index in [0.29, 0.717) is 24.6 Å². The van der Waals surface area contributed by atoms with E-state index >= 15 is 0 Å². The van der Waals surface area contributed by atoms with Crippen LogP contribution in [0.1, 0.15) is 42.0 Å². The summed E-state index contributed by atoms with van der Waals surface area (Å²) in [6.07, 6.45) is 1.08. The molecule has 4 heteroatoms. The molecule has 0 spiro atoms. The molecule has 4 rings (SSSR count). The Morgan fingerprint density at radius 1 is 0.870 bits per heavy atom. The van der Waals surface area contributed by atoms with Gasteiger partial charge in [-0.1, -0.05) is 0 Å². The van der Waals surface area contributed by atoms with Gasteiger partial charge in [-0.25, -0.2) is 0 Å². The molecule has 2 heterocycles. The molecule has 2 unspecified atom stereocenters. The number of fused-ring (bicyclic) bond motifs is 1. The Hall–Kier alpha value is -1.18. The van der Waals surface area contributed by atoms with Crippen LogP contribution in [-0.4, -0.2) is 38.9 Å². The Balaban J connectivity index is 1.71. The van der Waals surface area contributed by atoms with Crippen LogP contribution in [0.15, 0.2) is 48.5 Å². The molecule has 0 saturated carbocycles. The summed E-state index contributed by atoms with van der Waals surface area (Å²) < 4.78 is 5.92. The summed E-state index contributed by atoms with van der Waals surface area (Å²) in [5, 5.41) is 4.49. The standard InChI is InChI=1S/C19H18N2Se2/c1-12-3-7-14(8-4-12)17-11-16-19(23-21-20-16)18(22-17)15-9-5-13(2)6-10-15/h3-10,17-18H,11H2,1-2H3. The van der Waals surface area contributed by atoms with Crippen molar-refractivity contribution in [2.45, 2.75) is 29.9 Å². The van der Waals surface area contributed by atoms with Crippen LogP contribution in [0.25, 0.3) is 0 Å². The fourth-order valence-corrected chi connectivity index (χ4v) is 8.56. The molecule has 1 aromatic heterocycles. The van der Waals surface area contributed by atoms with Crippen LogP contribution in [0.3, 0.4) is 0 Å². The molecule has 0 bridgehead atoms. The summed E-state index contributed by atoms with van der Waals surface area (Å²) in [5.74, 6) is 0. The monoisotopic (exact) mass is 434 g/mol. The van der Waals surface area contributed by atoms with E-state index in [1.165, 1.54) is 32.4 Å². The summed E-state index contributed by atoms with van der Waals surface area (Å²) in [4.78, 5) is 1.16. The predicted molar refractivity (Wildman–Crippen MR) is 95.4 cm³/mol. The van der Waals surface area contributed by atoms with Gasteiger partial charge in [0.1, 0.15) is 0 Å². The van der Waals surface area contributed by atoms with Crippen molar-refractivity contribution >= 4 is 29.7 Å². The van der Waals surface area contributed by atoms with Crippen LogP contribution in [0.2, 0.25) is 0 Å². The number of hydrogen-bond acceptors (Lipinski definition) is 2. The third-order valence-electron chi connectivity index (χ3n) is 4.33. The molecule has 0 aliphatic carbocycles. The van der Waals surface area contributed by atoms with Gasteiger partial charge in [-0.3, -0.25) is 0 Å². The molecular weight excluding hydrogens is 414 g/mol. The summed E-state index contributed by atoms with van der Waals surface area (Å²) >= 11 is 0.728. The molecule has 2 aromatic carbocycles. The number of aromatic nitrogens is 2. The second-order valence-electron chi connectivity index (χ2n) is 6.11. The molecule has 3 aromatic rings. The molecule has 2 atom stereocenters. The third-order valence-corrected chi connectivity index (χ3v) is 10.1. The van der Waals surface area contributed by atoms with Crippen molar-refractivity contribution in [3.05, 3.63) is 80.9 Å². The average molecular weight is 432 g/mol. The quantitative estimate of drug-likeness (QED) is 0.582. The van der Waals surface area contributed by atoms with Crippen LogP contribution in [0.5, 0.6) is 0 Å². The predicted octanol–water partition coefficient (Wildman–Crippen LogP) is 3.24. The maximum absolute atomic E-state index is 4.49. The van der Waals surface area contributed by atoms with Crippen LogP contribution < -0.4 is 0 Å². The molecular formula is C19H18N2Se2. The molecule has 0 saturated heterocycles. The fraction of sp³-hybridized carbons (Fsp3) is 0.263. The van der Waals surface area contributed by atoms with Crippen LogP contribution >= 0.6 is 0 Å². The molecule has 2 nitrogen and oxygen atoms in total.